The van der Waals surface area contributed by atoms with Crippen LogP contribution in [0.1, 0.15) is 20.3 Å². The van der Waals surface area contributed by atoms with Crippen molar-refractivity contribution in [3.63, 3.8) is 0 Å². The van der Waals surface area contributed by atoms with Crippen LogP contribution in [0, 0.1) is 0 Å². The van der Waals surface area contributed by atoms with Crippen LogP contribution in [0.25, 0.3) is 0 Å². The lowest BCUT2D eigenvalue weighted by Gasteiger charge is -2.19. The number of aliphatic carboxylic acids is 1. The van der Waals surface area contributed by atoms with E-state index in [2.05, 4.69) is 4.98 Å². The molecule has 1 N–H and O–H groups in total. The van der Waals surface area contributed by atoms with Crippen LogP contribution in [0.15, 0.2) is 22.2 Å². The zero-order chi connectivity index (χ0) is 15.8. The van der Waals surface area contributed by atoms with E-state index in [1.807, 2.05) is 13.8 Å². The first-order valence-corrected chi connectivity index (χ1v) is 7.66. The third-order valence-corrected chi connectivity index (χ3v) is 3.83. The molecule has 0 bridgehead atoms. The molecule has 0 saturated carbocycles. The smallest absolute Gasteiger partial charge is 0.313 e. The minimum absolute atomic E-state index is 0.0212. The highest BCUT2D eigenvalue weighted by molar-refractivity contribution is 7.99. The Labute approximate surface area is 127 Å². The standard InChI is InChI=1S/C13H19N3O4S/c1-3-15(4-2)11(18)6-8-16-7-5-10(17)14-13(16)21-9-12(19)20/h5,7H,3-4,6,8-9H2,1-2H3,(H,19,20). The quantitative estimate of drug-likeness (QED) is 0.560. The molecule has 1 amide bonds. The number of hydrogen-bond donors (Lipinski definition) is 1. The van der Waals surface area contributed by atoms with Gasteiger partial charge in [-0.15, -0.1) is 0 Å². The van der Waals surface area contributed by atoms with Crippen LogP contribution >= 0.6 is 11.8 Å². The van der Waals surface area contributed by atoms with Gasteiger partial charge in [0.25, 0.3) is 5.56 Å². The Kier molecular flexibility index (Phi) is 6.93. The van der Waals surface area contributed by atoms with E-state index in [0.717, 1.165) is 11.8 Å². The average molecular weight is 313 g/mol. The Morgan fingerprint density at radius 3 is 2.62 bits per heavy atom. The molecule has 0 radical (unpaired) electrons. The number of nitrogens with zero attached hydrogens (tertiary/aromatic N) is 3. The van der Waals surface area contributed by atoms with Gasteiger partial charge >= 0.3 is 5.97 Å². The molecule has 0 aliphatic heterocycles. The van der Waals surface area contributed by atoms with Crippen molar-refractivity contribution in [2.45, 2.75) is 32.0 Å². The largest absolute Gasteiger partial charge is 0.481 e. The highest BCUT2D eigenvalue weighted by Gasteiger charge is 2.12. The highest BCUT2D eigenvalue weighted by atomic mass is 32.2. The lowest BCUT2D eigenvalue weighted by atomic mass is 10.3. The molecule has 0 atom stereocenters. The number of thioether (sulfide) groups is 1. The summed E-state index contributed by atoms with van der Waals surface area (Å²) in [5.41, 5.74) is -0.422. The molecule has 1 rings (SSSR count). The lowest BCUT2D eigenvalue weighted by Crippen LogP contribution is -2.31. The van der Waals surface area contributed by atoms with Gasteiger partial charge in [-0.3, -0.25) is 14.4 Å². The third-order valence-electron chi connectivity index (χ3n) is 2.86. The zero-order valence-corrected chi connectivity index (χ0v) is 12.9. The van der Waals surface area contributed by atoms with Crippen LogP contribution in [0.3, 0.4) is 0 Å². The summed E-state index contributed by atoms with van der Waals surface area (Å²) in [4.78, 5) is 39.3. The Morgan fingerprint density at radius 2 is 2.05 bits per heavy atom. The number of carboxylic acids is 1. The van der Waals surface area contributed by atoms with Crippen molar-refractivity contribution in [3.05, 3.63) is 22.6 Å². The van der Waals surface area contributed by atoms with Crippen molar-refractivity contribution < 1.29 is 14.7 Å². The molecule has 0 aliphatic rings. The number of carbonyl (C=O) groups is 2. The fourth-order valence-electron chi connectivity index (χ4n) is 1.78. The molecular formula is C13H19N3O4S. The highest BCUT2D eigenvalue weighted by Crippen LogP contribution is 2.14. The number of aryl methyl sites for hydroxylation is 1. The second-order valence-corrected chi connectivity index (χ2v) is 5.18. The van der Waals surface area contributed by atoms with E-state index in [0.29, 0.717) is 24.8 Å². The number of amides is 1. The maximum atomic E-state index is 12.0. The normalized spacial score (nSPS) is 10.4. The van der Waals surface area contributed by atoms with Gasteiger partial charge < -0.3 is 14.6 Å². The summed E-state index contributed by atoms with van der Waals surface area (Å²) in [7, 11) is 0. The Bertz CT molecular complexity index is 555. The van der Waals surface area contributed by atoms with Gasteiger partial charge in [-0.05, 0) is 13.8 Å². The predicted molar refractivity (Wildman–Crippen MR) is 79.4 cm³/mol. The molecular weight excluding hydrogens is 294 g/mol. The third kappa shape index (κ3) is 5.58. The van der Waals surface area contributed by atoms with E-state index < -0.39 is 11.5 Å². The molecule has 0 aromatic carbocycles. The van der Waals surface area contributed by atoms with Gasteiger partial charge in [-0.25, -0.2) is 0 Å². The van der Waals surface area contributed by atoms with Crippen LogP contribution in [-0.2, 0) is 16.1 Å². The van der Waals surface area contributed by atoms with Crippen molar-refractivity contribution in [3.8, 4) is 0 Å². The number of carboxylic acid groups (broad SMARTS) is 1. The molecule has 0 saturated heterocycles. The van der Waals surface area contributed by atoms with Crippen LogP contribution in [0.5, 0.6) is 0 Å². The minimum atomic E-state index is -0.983. The van der Waals surface area contributed by atoms with Gasteiger partial charge in [-0.2, -0.15) is 4.98 Å². The van der Waals surface area contributed by atoms with Crippen LogP contribution in [0.2, 0.25) is 0 Å². The Hall–Kier alpha value is -1.83. The number of carbonyl (C=O) groups excluding carboxylic acids is 1. The van der Waals surface area contributed by atoms with Crippen molar-refractivity contribution in [2.24, 2.45) is 0 Å². The predicted octanol–water partition coefficient (Wildman–Crippen LogP) is 0.679. The molecule has 1 aromatic rings. The van der Waals surface area contributed by atoms with E-state index >= 15 is 0 Å². The monoisotopic (exact) mass is 313 g/mol. The number of aromatic nitrogens is 2. The van der Waals surface area contributed by atoms with Gasteiger partial charge in [0.15, 0.2) is 5.16 Å². The molecule has 21 heavy (non-hydrogen) atoms. The van der Waals surface area contributed by atoms with Crippen molar-refractivity contribution >= 4 is 23.6 Å². The average Bonchev–Trinajstić information content (AvgIpc) is 2.45. The van der Waals surface area contributed by atoms with Crippen LogP contribution in [-0.4, -0.2) is 50.3 Å². The van der Waals surface area contributed by atoms with Crippen LogP contribution < -0.4 is 5.56 Å². The lowest BCUT2D eigenvalue weighted by molar-refractivity contribution is -0.134. The summed E-state index contributed by atoms with van der Waals surface area (Å²) in [6.45, 7) is 5.49. The Balaban J connectivity index is 2.76. The topological polar surface area (TPSA) is 92.5 Å². The first-order valence-electron chi connectivity index (χ1n) is 6.67. The Morgan fingerprint density at radius 1 is 1.38 bits per heavy atom. The molecule has 0 spiro atoms. The minimum Gasteiger partial charge on any atom is -0.481 e. The summed E-state index contributed by atoms with van der Waals surface area (Å²) in [5, 5.41) is 9.01. The summed E-state index contributed by atoms with van der Waals surface area (Å²) in [5.74, 6) is -1.14. The van der Waals surface area contributed by atoms with Crippen LogP contribution in [0.4, 0.5) is 0 Å². The zero-order valence-electron chi connectivity index (χ0n) is 12.1. The summed E-state index contributed by atoms with van der Waals surface area (Å²) < 4.78 is 1.64. The summed E-state index contributed by atoms with van der Waals surface area (Å²) >= 11 is 0.968. The second-order valence-electron chi connectivity index (χ2n) is 4.24. The maximum absolute atomic E-state index is 12.0. The molecule has 0 aliphatic carbocycles. The number of rotatable bonds is 8. The fourth-order valence-corrected chi connectivity index (χ4v) is 2.50. The number of hydrogen-bond acceptors (Lipinski definition) is 5. The van der Waals surface area contributed by atoms with Crippen molar-refractivity contribution in [1.82, 2.24) is 14.5 Å². The first kappa shape index (κ1) is 17.2. The molecule has 8 heteroatoms. The molecule has 1 aromatic heterocycles. The van der Waals surface area contributed by atoms with E-state index in [9.17, 15) is 14.4 Å². The van der Waals surface area contributed by atoms with Gasteiger partial charge in [0.05, 0.1) is 5.75 Å². The van der Waals surface area contributed by atoms with E-state index in [1.165, 1.54) is 12.3 Å². The fraction of sp³-hybridized carbons (Fsp3) is 0.538. The molecule has 116 valence electrons. The molecule has 0 fully saturated rings. The molecule has 7 nitrogen and oxygen atoms in total. The van der Waals surface area contributed by atoms with E-state index in [1.54, 1.807) is 9.47 Å². The van der Waals surface area contributed by atoms with Crippen molar-refractivity contribution in [2.75, 3.05) is 18.8 Å². The van der Waals surface area contributed by atoms with Gasteiger partial charge in [0, 0.05) is 38.3 Å². The van der Waals surface area contributed by atoms with Gasteiger partial charge in [0.1, 0.15) is 0 Å². The van der Waals surface area contributed by atoms with E-state index in [4.69, 9.17) is 5.11 Å². The summed E-state index contributed by atoms with van der Waals surface area (Å²) in [6.07, 6.45) is 1.82. The van der Waals surface area contributed by atoms with Gasteiger partial charge in [-0.1, -0.05) is 11.8 Å². The van der Waals surface area contributed by atoms with Crippen molar-refractivity contribution in [1.29, 1.82) is 0 Å². The summed E-state index contributed by atoms with van der Waals surface area (Å²) in [6, 6.07) is 1.30. The SMILES string of the molecule is CCN(CC)C(=O)CCn1ccc(=O)nc1SCC(=O)O. The molecule has 1 heterocycles. The maximum Gasteiger partial charge on any atom is 0.313 e. The van der Waals surface area contributed by atoms with Gasteiger partial charge in [0.2, 0.25) is 5.91 Å². The van der Waals surface area contributed by atoms with E-state index in [-0.39, 0.29) is 18.1 Å². The molecule has 0 unspecified atom stereocenters. The first-order chi connectivity index (χ1) is 9.97. The second kappa shape index (κ2) is 8.46.